The van der Waals surface area contributed by atoms with Gasteiger partial charge in [-0.3, -0.25) is 24.2 Å². The van der Waals surface area contributed by atoms with Crippen LogP contribution in [0.5, 0.6) is 5.75 Å². The van der Waals surface area contributed by atoms with Gasteiger partial charge in [-0.05, 0) is 23.4 Å². The normalized spacial score (nSPS) is 12.0. The highest BCUT2D eigenvalue weighted by Gasteiger charge is 2.21. The van der Waals surface area contributed by atoms with Crippen LogP contribution in [0.1, 0.15) is 18.9 Å². The molecule has 0 aliphatic heterocycles. The Balaban J connectivity index is 2.75. The molecule has 0 fully saturated rings. The fourth-order valence-corrected chi connectivity index (χ4v) is 2.78. The van der Waals surface area contributed by atoms with Crippen molar-refractivity contribution in [2.45, 2.75) is 25.8 Å². The molecule has 0 saturated heterocycles. The number of carbonyl (C=O) groups is 3. The number of phosphoric ester groups is 1. The van der Waals surface area contributed by atoms with Crippen LogP contribution in [0.2, 0.25) is 0 Å². The molecule has 0 saturated carbocycles. The van der Waals surface area contributed by atoms with Gasteiger partial charge in [0.05, 0.1) is 0 Å². The molecule has 28 heavy (non-hydrogen) atoms. The van der Waals surface area contributed by atoms with E-state index in [2.05, 4.69) is 33.1 Å². The Bertz CT molecular complexity index is 723. The molecule has 5 N–H and O–H groups in total. The van der Waals surface area contributed by atoms with Gasteiger partial charge in [0.1, 0.15) is 11.8 Å². The Labute approximate surface area is 168 Å². The van der Waals surface area contributed by atoms with Gasteiger partial charge in [0.15, 0.2) is 0 Å². The van der Waals surface area contributed by atoms with Crippen molar-refractivity contribution in [1.82, 2.24) is 16.0 Å². The first-order valence-corrected chi connectivity index (χ1v) is 10.5. The molecule has 10 nitrogen and oxygen atoms in total. The number of amides is 3. The molecule has 1 rings (SSSR count). The van der Waals surface area contributed by atoms with E-state index in [0.717, 1.165) is 0 Å². The van der Waals surface area contributed by atoms with Crippen LogP contribution in [0.25, 0.3) is 0 Å². The minimum atomic E-state index is -4.65. The van der Waals surface area contributed by atoms with E-state index in [4.69, 9.17) is 9.79 Å². The summed E-state index contributed by atoms with van der Waals surface area (Å²) in [5.41, 5.74) is 0.645. The Morgan fingerprint density at radius 1 is 1.14 bits per heavy atom. The van der Waals surface area contributed by atoms with Gasteiger partial charge >= 0.3 is 7.82 Å². The molecular weight excluding hydrogens is 409 g/mol. The summed E-state index contributed by atoms with van der Waals surface area (Å²) in [5, 5.41) is 7.81. The summed E-state index contributed by atoms with van der Waals surface area (Å²) < 4.78 is 15.3. The van der Waals surface area contributed by atoms with Crippen molar-refractivity contribution in [3.8, 4) is 5.75 Å². The average molecular weight is 433 g/mol. The minimum absolute atomic E-state index is 0.0208. The first kappa shape index (κ1) is 24.0. The standard InChI is InChI=1S/C16H24N3O7PS/c1-11(20)17-7-8-18-16(22)14(19-15(21)6-9-28)10-12-2-4-13(5-3-12)26-27(23,24)25/h2-5,14,28H,6-10H2,1H3,(H,17,20)(H,18,22)(H,19,21)(H2,23,24,25)/t14-/m0/s1. The van der Waals surface area contributed by atoms with Crippen LogP contribution >= 0.6 is 20.5 Å². The monoisotopic (exact) mass is 433 g/mol. The third kappa shape index (κ3) is 10.3. The molecule has 0 heterocycles. The number of hydrogen-bond donors (Lipinski definition) is 6. The highest BCUT2D eigenvalue weighted by molar-refractivity contribution is 7.80. The summed E-state index contributed by atoms with van der Waals surface area (Å²) in [4.78, 5) is 52.7. The molecule has 3 amide bonds. The van der Waals surface area contributed by atoms with E-state index in [1.165, 1.54) is 31.2 Å². The summed E-state index contributed by atoms with van der Waals surface area (Å²) in [5.74, 6) is -0.665. The van der Waals surface area contributed by atoms with Crippen LogP contribution < -0.4 is 20.5 Å². The number of rotatable bonds is 11. The summed E-state index contributed by atoms with van der Waals surface area (Å²) >= 11 is 3.99. The second-order valence-electron chi connectivity index (χ2n) is 5.80. The van der Waals surface area contributed by atoms with E-state index in [1.54, 1.807) is 0 Å². The van der Waals surface area contributed by atoms with Crippen molar-refractivity contribution in [2.24, 2.45) is 0 Å². The average Bonchev–Trinajstić information content (AvgIpc) is 2.58. The maximum Gasteiger partial charge on any atom is 0.524 e. The van der Waals surface area contributed by atoms with Crippen LogP contribution in [-0.2, 0) is 25.4 Å². The van der Waals surface area contributed by atoms with Crippen molar-refractivity contribution in [2.75, 3.05) is 18.8 Å². The predicted octanol–water partition coefficient (Wildman–Crippen LogP) is -0.242. The number of carbonyl (C=O) groups excluding carboxylic acids is 3. The smallest absolute Gasteiger partial charge is 0.404 e. The number of nitrogens with one attached hydrogen (secondary N) is 3. The largest absolute Gasteiger partial charge is 0.524 e. The zero-order valence-corrected chi connectivity index (χ0v) is 17.0. The molecular formula is C16H24N3O7PS. The van der Waals surface area contributed by atoms with Gasteiger partial charge in [-0.25, -0.2) is 4.57 Å². The van der Waals surface area contributed by atoms with Crippen molar-refractivity contribution in [3.05, 3.63) is 29.8 Å². The van der Waals surface area contributed by atoms with Crippen LogP contribution in [0, 0.1) is 0 Å². The SMILES string of the molecule is CC(=O)NCCNC(=O)[C@H](Cc1ccc(OP(=O)(O)O)cc1)NC(=O)CCS. The highest BCUT2D eigenvalue weighted by atomic mass is 32.1. The number of benzene rings is 1. The predicted molar refractivity (Wildman–Crippen MR) is 105 cm³/mol. The lowest BCUT2D eigenvalue weighted by Gasteiger charge is -2.19. The molecule has 0 aliphatic carbocycles. The van der Waals surface area contributed by atoms with Crippen molar-refractivity contribution in [1.29, 1.82) is 0 Å². The number of hydrogen-bond acceptors (Lipinski definition) is 6. The van der Waals surface area contributed by atoms with Crippen LogP contribution in [0.15, 0.2) is 24.3 Å². The van der Waals surface area contributed by atoms with E-state index in [9.17, 15) is 18.9 Å². The van der Waals surface area contributed by atoms with E-state index in [1.807, 2.05) is 0 Å². The quantitative estimate of drug-likeness (QED) is 0.160. The molecule has 1 atom stereocenters. The first-order chi connectivity index (χ1) is 13.1. The van der Waals surface area contributed by atoms with Gasteiger partial charge in [0.2, 0.25) is 17.7 Å². The summed E-state index contributed by atoms with van der Waals surface area (Å²) in [6.45, 7) is 1.82. The van der Waals surface area contributed by atoms with E-state index >= 15 is 0 Å². The molecule has 0 aliphatic rings. The lowest BCUT2D eigenvalue weighted by molar-refractivity contribution is -0.128. The van der Waals surface area contributed by atoms with Gasteiger partial charge < -0.3 is 20.5 Å². The maximum absolute atomic E-state index is 12.4. The Morgan fingerprint density at radius 2 is 1.75 bits per heavy atom. The third-order valence-corrected chi connectivity index (χ3v) is 4.05. The topological polar surface area (TPSA) is 154 Å². The summed E-state index contributed by atoms with van der Waals surface area (Å²) in [6, 6.07) is 4.92. The van der Waals surface area contributed by atoms with Crippen molar-refractivity contribution >= 4 is 38.2 Å². The van der Waals surface area contributed by atoms with E-state index in [0.29, 0.717) is 11.3 Å². The second-order valence-corrected chi connectivity index (χ2v) is 7.41. The fourth-order valence-electron chi connectivity index (χ4n) is 2.18. The van der Waals surface area contributed by atoms with Crippen molar-refractivity contribution < 1.29 is 33.3 Å². The summed E-state index contributed by atoms with van der Waals surface area (Å²) in [6.07, 6.45) is 0.300. The zero-order chi connectivity index (χ0) is 21.2. The number of phosphoric acid groups is 1. The third-order valence-electron chi connectivity index (χ3n) is 3.38. The van der Waals surface area contributed by atoms with Crippen LogP contribution in [-0.4, -0.2) is 52.4 Å². The van der Waals surface area contributed by atoms with E-state index in [-0.39, 0.29) is 43.5 Å². The van der Waals surface area contributed by atoms with Crippen LogP contribution in [0.4, 0.5) is 0 Å². The zero-order valence-electron chi connectivity index (χ0n) is 15.3. The molecule has 0 unspecified atom stereocenters. The van der Waals surface area contributed by atoms with Gasteiger partial charge in [-0.2, -0.15) is 12.6 Å². The second kappa shape index (κ2) is 11.7. The molecule has 0 aromatic heterocycles. The number of thiol groups is 1. The van der Waals surface area contributed by atoms with Gasteiger partial charge in [-0.1, -0.05) is 12.1 Å². The van der Waals surface area contributed by atoms with Gasteiger partial charge in [0.25, 0.3) is 0 Å². The Kier molecular flexibility index (Phi) is 10.0. The molecule has 0 radical (unpaired) electrons. The van der Waals surface area contributed by atoms with Crippen LogP contribution in [0.3, 0.4) is 0 Å². The van der Waals surface area contributed by atoms with Gasteiger partial charge in [0, 0.05) is 32.9 Å². The van der Waals surface area contributed by atoms with Crippen molar-refractivity contribution in [3.63, 3.8) is 0 Å². The lowest BCUT2D eigenvalue weighted by atomic mass is 10.0. The molecule has 156 valence electrons. The van der Waals surface area contributed by atoms with Gasteiger partial charge in [-0.15, -0.1) is 0 Å². The highest BCUT2D eigenvalue weighted by Crippen LogP contribution is 2.37. The maximum atomic E-state index is 12.4. The molecule has 1 aromatic rings. The molecule has 1 aromatic carbocycles. The minimum Gasteiger partial charge on any atom is -0.404 e. The Hall–Kier alpha value is -2.07. The lowest BCUT2D eigenvalue weighted by Crippen LogP contribution is -2.49. The van der Waals surface area contributed by atoms with E-state index < -0.39 is 19.8 Å². The molecule has 0 bridgehead atoms. The summed E-state index contributed by atoms with van der Waals surface area (Å²) in [7, 11) is -4.65. The first-order valence-electron chi connectivity index (χ1n) is 8.37. The molecule has 0 spiro atoms. The fraction of sp³-hybridized carbons (Fsp3) is 0.438. The molecule has 12 heteroatoms. The Morgan fingerprint density at radius 3 is 2.29 bits per heavy atom.